The third-order valence-corrected chi connectivity index (χ3v) is 2.89. The van der Waals surface area contributed by atoms with Gasteiger partial charge in [-0.3, -0.25) is 4.90 Å². The Morgan fingerprint density at radius 3 is 2.53 bits per heavy atom. The molecule has 0 saturated heterocycles. The normalized spacial score (nSPS) is 13.0. The van der Waals surface area contributed by atoms with Gasteiger partial charge in [0.1, 0.15) is 5.75 Å². The van der Waals surface area contributed by atoms with Crippen LogP contribution in [-0.4, -0.2) is 45.1 Å². The Morgan fingerprint density at radius 2 is 1.95 bits per heavy atom. The number of likely N-dealkylation sites (N-methyl/N-ethyl adjacent to an activating group) is 2. The van der Waals surface area contributed by atoms with Crippen LogP contribution in [0.2, 0.25) is 0 Å². The second-order valence-corrected chi connectivity index (χ2v) is 4.42. The Hall–Kier alpha value is -1.20. The number of para-hydroxylation sites is 1. The lowest BCUT2D eigenvalue weighted by Gasteiger charge is -2.25. The van der Waals surface area contributed by atoms with Crippen LogP contribution >= 0.6 is 0 Å². The minimum Gasteiger partial charge on any atom is -0.494 e. The molecule has 0 saturated carbocycles. The van der Waals surface area contributed by atoms with Crippen LogP contribution in [0.1, 0.15) is 18.5 Å². The summed E-state index contributed by atoms with van der Waals surface area (Å²) in [5, 5.41) is 3.15. The third kappa shape index (κ3) is 5.12. The van der Waals surface area contributed by atoms with Crippen molar-refractivity contribution in [3.8, 4) is 5.75 Å². The molecule has 3 nitrogen and oxygen atoms in total. The summed E-state index contributed by atoms with van der Waals surface area (Å²) in [4.78, 5) is 1.62. The molecule has 0 aliphatic carbocycles. The van der Waals surface area contributed by atoms with E-state index in [0.717, 1.165) is 11.3 Å². The lowest BCUT2D eigenvalue weighted by molar-refractivity contribution is 0.0961. The van der Waals surface area contributed by atoms with Crippen molar-refractivity contribution in [2.24, 2.45) is 0 Å². The zero-order valence-corrected chi connectivity index (χ0v) is 11.7. The summed E-state index contributed by atoms with van der Waals surface area (Å²) in [7, 11) is 3.52. The van der Waals surface area contributed by atoms with E-state index in [0.29, 0.717) is 13.2 Å². The maximum atomic E-state index is 12.4. The molecular formula is C14H22F2N2O. The first-order valence-corrected chi connectivity index (χ1v) is 6.44. The molecule has 0 radical (unpaired) electrons. The van der Waals surface area contributed by atoms with Crippen LogP contribution in [0.5, 0.6) is 5.75 Å². The quantitative estimate of drug-likeness (QED) is 0.787. The van der Waals surface area contributed by atoms with Gasteiger partial charge in [-0.15, -0.1) is 0 Å². The predicted molar refractivity (Wildman–Crippen MR) is 72.9 cm³/mol. The van der Waals surface area contributed by atoms with E-state index in [1.807, 2.05) is 38.2 Å². The Balaban J connectivity index is 2.79. The maximum absolute atomic E-state index is 12.4. The number of hydrogen-bond donors (Lipinski definition) is 1. The van der Waals surface area contributed by atoms with Gasteiger partial charge in [0.2, 0.25) is 0 Å². The van der Waals surface area contributed by atoms with Gasteiger partial charge in [-0.25, -0.2) is 8.78 Å². The number of halogens is 2. The van der Waals surface area contributed by atoms with E-state index in [-0.39, 0.29) is 12.6 Å². The maximum Gasteiger partial charge on any atom is 0.251 e. The highest BCUT2D eigenvalue weighted by molar-refractivity contribution is 5.36. The summed E-state index contributed by atoms with van der Waals surface area (Å²) in [6.45, 7) is 2.79. The molecule has 0 fully saturated rings. The molecule has 108 valence electrons. The topological polar surface area (TPSA) is 24.5 Å². The summed E-state index contributed by atoms with van der Waals surface area (Å²) in [5.41, 5.74) is 0.993. The monoisotopic (exact) mass is 272 g/mol. The summed E-state index contributed by atoms with van der Waals surface area (Å²) >= 11 is 0. The second kappa shape index (κ2) is 8.07. The summed E-state index contributed by atoms with van der Waals surface area (Å²) in [6.07, 6.45) is -2.32. The van der Waals surface area contributed by atoms with Crippen LogP contribution in [0.15, 0.2) is 24.3 Å². The molecule has 0 spiro atoms. The Morgan fingerprint density at radius 1 is 1.26 bits per heavy atom. The fourth-order valence-electron chi connectivity index (χ4n) is 2.02. The second-order valence-electron chi connectivity index (χ2n) is 4.42. The number of alkyl halides is 2. The van der Waals surface area contributed by atoms with Crippen molar-refractivity contribution in [1.82, 2.24) is 10.2 Å². The largest absolute Gasteiger partial charge is 0.494 e. The van der Waals surface area contributed by atoms with E-state index < -0.39 is 6.43 Å². The van der Waals surface area contributed by atoms with Crippen LogP contribution < -0.4 is 10.1 Å². The van der Waals surface area contributed by atoms with Gasteiger partial charge in [-0.1, -0.05) is 18.2 Å². The lowest BCUT2D eigenvalue weighted by atomic mass is 10.1. The molecule has 1 N–H and O–H groups in total. The van der Waals surface area contributed by atoms with Gasteiger partial charge < -0.3 is 10.1 Å². The molecule has 5 heteroatoms. The zero-order valence-electron chi connectivity index (χ0n) is 11.7. The van der Waals surface area contributed by atoms with Crippen molar-refractivity contribution >= 4 is 0 Å². The van der Waals surface area contributed by atoms with Gasteiger partial charge in [0.15, 0.2) is 0 Å². The smallest absolute Gasteiger partial charge is 0.251 e. The van der Waals surface area contributed by atoms with Gasteiger partial charge in [-0.2, -0.15) is 0 Å². The van der Waals surface area contributed by atoms with Crippen LogP contribution in [0.3, 0.4) is 0 Å². The SMILES string of the molecule is CCOc1ccccc1C(CN(C)CC(F)F)NC. The minimum absolute atomic E-state index is 0.0356. The molecular weight excluding hydrogens is 250 g/mol. The zero-order chi connectivity index (χ0) is 14.3. The first-order chi connectivity index (χ1) is 9.08. The number of nitrogens with zero attached hydrogens (tertiary/aromatic N) is 1. The standard InChI is InChI=1S/C14H22F2N2O/c1-4-19-13-8-6-5-7-11(13)12(17-2)9-18(3)10-14(15)16/h5-8,12,14,17H,4,9-10H2,1-3H3. The first-order valence-electron chi connectivity index (χ1n) is 6.44. The number of nitrogens with one attached hydrogen (secondary N) is 1. The molecule has 0 aliphatic rings. The fourth-order valence-corrected chi connectivity index (χ4v) is 2.02. The molecule has 0 aliphatic heterocycles. The van der Waals surface area contributed by atoms with Crippen LogP contribution in [0.4, 0.5) is 8.78 Å². The minimum atomic E-state index is -2.32. The van der Waals surface area contributed by atoms with Crippen molar-refractivity contribution in [3.05, 3.63) is 29.8 Å². The van der Waals surface area contributed by atoms with Crippen LogP contribution in [0, 0.1) is 0 Å². The van der Waals surface area contributed by atoms with E-state index in [2.05, 4.69) is 5.32 Å². The Kier molecular flexibility index (Phi) is 6.73. The summed E-state index contributed by atoms with van der Waals surface area (Å²) in [6, 6.07) is 7.66. The van der Waals surface area contributed by atoms with E-state index in [4.69, 9.17) is 4.74 Å². The number of hydrogen-bond acceptors (Lipinski definition) is 3. The van der Waals surface area contributed by atoms with Crippen molar-refractivity contribution in [3.63, 3.8) is 0 Å². The fraction of sp³-hybridized carbons (Fsp3) is 0.571. The van der Waals surface area contributed by atoms with E-state index in [9.17, 15) is 8.78 Å². The average Bonchev–Trinajstić information content (AvgIpc) is 2.36. The Bertz CT molecular complexity index is 374. The molecule has 0 aromatic heterocycles. The van der Waals surface area contributed by atoms with Crippen molar-refractivity contribution in [2.45, 2.75) is 19.4 Å². The number of ether oxygens (including phenoxy) is 1. The van der Waals surface area contributed by atoms with E-state index >= 15 is 0 Å². The summed E-state index contributed by atoms with van der Waals surface area (Å²) < 4.78 is 30.3. The highest BCUT2D eigenvalue weighted by atomic mass is 19.3. The van der Waals surface area contributed by atoms with Gasteiger partial charge in [0, 0.05) is 18.2 Å². The van der Waals surface area contributed by atoms with E-state index in [1.165, 1.54) is 0 Å². The molecule has 1 atom stereocenters. The summed E-state index contributed by atoms with van der Waals surface area (Å²) in [5.74, 6) is 0.801. The predicted octanol–water partition coefficient (Wildman–Crippen LogP) is 2.54. The molecule has 1 unspecified atom stereocenters. The van der Waals surface area contributed by atoms with E-state index in [1.54, 1.807) is 11.9 Å². The molecule has 0 bridgehead atoms. The first kappa shape index (κ1) is 15.9. The van der Waals surface area contributed by atoms with Crippen LogP contribution in [-0.2, 0) is 0 Å². The molecule has 1 aromatic rings. The molecule has 0 amide bonds. The van der Waals surface area contributed by atoms with Gasteiger partial charge in [-0.05, 0) is 27.1 Å². The van der Waals surface area contributed by atoms with Gasteiger partial charge in [0.25, 0.3) is 6.43 Å². The number of benzene rings is 1. The third-order valence-electron chi connectivity index (χ3n) is 2.89. The molecule has 1 rings (SSSR count). The van der Waals surface area contributed by atoms with Crippen LogP contribution in [0.25, 0.3) is 0 Å². The van der Waals surface area contributed by atoms with Crippen molar-refractivity contribution in [1.29, 1.82) is 0 Å². The van der Waals surface area contributed by atoms with Gasteiger partial charge >= 0.3 is 0 Å². The highest BCUT2D eigenvalue weighted by Crippen LogP contribution is 2.25. The molecule has 0 heterocycles. The van der Waals surface area contributed by atoms with Crippen molar-refractivity contribution in [2.75, 3.05) is 33.8 Å². The molecule has 1 aromatic carbocycles. The molecule has 19 heavy (non-hydrogen) atoms. The average molecular weight is 272 g/mol. The highest BCUT2D eigenvalue weighted by Gasteiger charge is 2.17. The van der Waals surface area contributed by atoms with Gasteiger partial charge in [0.05, 0.1) is 13.2 Å². The van der Waals surface area contributed by atoms with Crippen molar-refractivity contribution < 1.29 is 13.5 Å². The Labute approximate surface area is 113 Å². The number of rotatable bonds is 8. The lowest BCUT2D eigenvalue weighted by Crippen LogP contribution is -2.34.